The summed E-state index contributed by atoms with van der Waals surface area (Å²) >= 11 is 0. The van der Waals surface area contributed by atoms with Crippen LogP contribution < -0.4 is 4.74 Å². The van der Waals surface area contributed by atoms with Crippen molar-refractivity contribution in [1.29, 1.82) is 0 Å². The van der Waals surface area contributed by atoms with Gasteiger partial charge in [0.15, 0.2) is 0 Å². The summed E-state index contributed by atoms with van der Waals surface area (Å²) in [4.78, 5) is 23.5. The molecule has 0 amide bonds. The van der Waals surface area contributed by atoms with Crippen molar-refractivity contribution < 1.29 is 29.3 Å². The molecule has 6 heteroatoms. The molecule has 0 radical (unpaired) electrons. The normalized spacial score (nSPS) is 18.3. The number of carboxylic acid groups (broad SMARTS) is 1. The van der Waals surface area contributed by atoms with E-state index in [1.54, 1.807) is 50.3 Å². The number of phenolic OH excluding ortho intramolecular Hbond substituents is 1. The number of benzene rings is 2. The van der Waals surface area contributed by atoms with Gasteiger partial charge in [-0.2, -0.15) is 0 Å². The van der Waals surface area contributed by atoms with Crippen molar-refractivity contribution in [1.82, 2.24) is 0 Å². The molecule has 0 aromatic heterocycles. The second kappa shape index (κ2) is 7.53. The van der Waals surface area contributed by atoms with Gasteiger partial charge in [0.25, 0.3) is 0 Å². The Morgan fingerprint density at radius 3 is 2.48 bits per heavy atom. The van der Waals surface area contributed by atoms with Crippen LogP contribution in [0.15, 0.2) is 48.5 Å². The Hall–Kier alpha value is -3.28. The maximum absolute atomic E-state index is 11.9. The van der Waals surface area contributed by atoms with Gasteiger partial charge < -0.3 is 19.7 Å². The van der Waals surface area contributed by atoms with Crippen molar-refractivity contribution in [2.75, 3.05) is 0 Å². The molecule has 0 saturated heterocycles. The fourth-order valence-electron chi connectivity index (χ4n) is 3.01. The first-order chi connectivity index (χ1) is 12.8. The van der Waals surface area contributed by atoms with Gasteiger partial charge in [-0.3, -0.25) is 4.79 Å². The Labute approximate surface area is 156 Å². The van der Waals surface area contributed by atoms with Crippen molar-refractivity contribution in [3.8, 4) is 11.5 Å². The lowest BCUT2D eigenvalue weighted by Gasteiger charge is -2.16. The zero-order chi connectivity index (χ0) is 19.6. The van der Waals surface area contributed by atoms with Gasteiger partial charge in [0, 0.05) is 11.6 Å². The van der Waals surface area contributed by atoms with E-state index >= 15 is 0 Å². The van der Waals surface area contributed by atoms with Gasteiger partial charge in [-0.25, -0.2) is 4.79 Å². The summed E-state index contributed by atoms with van der Waals surface area (Å²) < 4.78 is 10.9. The fourth-order valence-corrected chi connectivity index (χ4v) is 3.01. The lowest BCUT2D eigenvalue weighted by Crippen LogP contribution is -2.18. The second-order valence-electron chi connectivity index (χ2n) is 6.56. The van der Waals surface area contributed by atoms with Crippen LogP contribution in [0.1, 0.15) is 42.6 Å². The van der Waals surface area contributed by atoms with E-state index in [1.807, 2.05) is 0 Å². The van der Waals surface area contributed by atoms with E-state index in [-0.39, 0.29) is 11.9 Å². The molecule has 2 N–H and O–H groups in total. The van der Waals surface area contributed by atoms with Gasteiger partial charge in [0.1, 0.15) is 23.5 Å². The zero-order valence-electron chi connectivity index (χ0n) is 15.0. The molecule has 0 spiro atoms. The number of carbonyl (C=O) groups excluding carboxylic acids is 1. The topological polar surface area (TPSA) is 93.1 Å². The minimum absolute atomic E-state index is 0.0989. The zero-order valence-corrected chi connectivity index (χ0v) is 15.0. The summed E-state index contributed by atoms with van der Waals surface area (Å²) in [6.07, 6.45) is 1.99. The molecule has 27 heavy (non-hydrogen) atoms. The number of hydrogen-bond acceptors (Lipinski definition) is 5. The predicted molar refractivity (Wildman–Crippen MR) is 98.6 cm³/mol. The average Bonchev–Trinajstić information content (AvgIpc) is 2.99. The highest BCUT2D eigenvalue weighted by atomic mass is 16.5. The summed E-state index contributed by atoms with van der Waals surface area (Å²) in [5.41, 5.74) is 1.88. The van der Waals surface area contributed by atoms with Crippen LogP contribution in [0.25, 0.3) is 6.08 Å². The Morgan fingerprint density at radius 1 is 1.15 bits per heavy atom. The van der Waals surface area contributed by atoms with Crippen LogP contribution in [0.5, 0.6) is 11.5 Å². The van der Waals surface area contributed by atoms with Crippen LogP contribution in [0.4, 0.5) is 0 Å². The largest absolute Gasteiger partial charge is 0.508 e. The Kier molecular flexibility index (Phi) is 5.16. The molecule has 2 aromatic rings. The summed E-state index contributed by atoms with van der Waals surface area (Å²) in [7, 11) is 0. The second-order valence-corrected chi connectivity index (χ2v) is 6.56. The van der Waals surface area contributed by atoms with Crippen molar-refractivity contribution in [2.24, 2.45) is 0 Å². The number of hydrogen-bond donors (Lipinski definition) is 2. The van der Waals surface area contributed by atoms with Crippen LogP contribution in [-0.2, 0) is 14.3 Å². The number of rotatable bonds is 5. The molecule has 1 aliphatic heterocycles. The van der Waals surface area contributed by atoms with Gasteiger partial charge in [-0.15, -0.1) is 0 Å². The number of ether oxygens (including phenoxy) is 2. The van der Waals surface area contributed by atoms with Crippen LogP contribution >= 0.6 is 0 Å². The smallest absolute Gasteiger partial charge is 0.331 e. The van der Waals surface area contributed by atoms with Gasteiger partial charge in [-0.1, -0.05) is 18.2 Å². The van der Waals surface area contributed by atoms with Crippen LogP contribution in [0, 0.1) is 0 Å². The van der Waals surface area contributed by atoms with Crippen molar-refractivity contribution in [3.63, 3.8) is 0 Å². The average molecular weight is 368 g/mol. The van der Waals surface area contributed by atoms with Crippen molar-refractivity contribution >= 4 is 18.0 Å². The van der Waals surface area contributed by atoms with E-state index in [0.717, 1.165) is 0 Å². The number of aromatic hydroxyl groups is 1. The van der Waals surface area contributed by atoms with E-state index in [0.29, 0.717) is 22.4 Å². The fraction of sp³-hybridized carbons (Fsp3) is 0.238. The third kappa shape index (κ3) is 4.11. The molecule has 140 valence electrons. The van der Waals surface area contributed by atoms with Gasteiger partial charge in [-0.05, 0) is 55.3 Å². The number of carboxylic acids is 1. The van der Waals surface area contributed by atoms with Gasteiger partial charge in [0.05, 0.1) is 6.10 Å². The monoisotopic (exact) mass is 368 g/mol. The molecule has 0 unspecified atom stereocenters. The molecule has 0 fully saturated rings. The van der Waals surface area contributed by atoms with E-state index in [4.69, 9.17) is 9.47 Å². The molecule has 6 nitrogen and oxygen atoms in total. The minimum atomic E-state index is -1.01. The van der Waals surface area contributed by atoms with Crippen molar-refractivity contribution in [3.05, 3.63) is 65.2 Å². The molecule has 0 bridgehead atoms. The summed E-state index contributed by atoms with van der Waals surface area (Å²) in [6, 6.07) is 11.4. The quantitative estimate of drug-likeness (QED) is 0.618. The van der Waals surface area contributed by atoms with Gasteiger partial charge in [0.2, 0.25) is 0 Å². The van der Waals surface area contributed by atoms with Crippen LogP contribution in [0.3, 0.4) is 0 Å². The van der Waals surface area contributed by atoms with E-state index in [1.165, 1.54) is 18.2 Å². The minimum Gasteiger partial charge on any atom is -0.508 e. The Bertz CT molecular complexity index is 882. The summed E-state index contributed by atoms with van der Waals surface area (Å²) in [6.45, 7) is 3.53. The molecule has 0 saturated carbocycles. The first kappa shape index (κ1) is 18.5. The molecule has 2 aromatic carbocycles. The van der Waals surface area contributed by atoms with Crippen LogP contribution in [0.2, 0.25) is 0 Å². The highest BCUT2D eigenvalue weighted by Gasteiger charge is 2.40. The molecule has 0 aliphatic carbocycles. The number of carbonyl (C=O) groups is 2. The summed E-state index contributed by atoms with van der Waals surface area (Å²) in [5, 5.41) is 19.2. The Morgan fingerprint density at radius 2 is 1.85 bits per heavy atom. The van der Waals surface area contributed by atoms with E-state index in [9.17, 15) is 19.8 Å². The van der Waals surface area contributed by atoms with Crippen LogP contribution in [-0.4, -0.2) is 28.3 Å². The molecular formula is C21H20O6. The highest BCUT2D eigenvalue weighted by molar-refractivity contribution is 5.87. The maximum atomic E-state index is 11.9. The molecule has 3 rings (SSSR count). The SMILES string of the molecule is CC(C)OC(=O)/C=C/c1ccc2c(c1)[C@H](C(=O)O)[C@@H](c1ccc(O)cc1)O2. The molecule has 1 heterocycles. The van der Waals surface area contributed by atoms with Gasteiger partial charge >= 0.3 is 11.9 Å². The molecule has 2 atom stereocenters. The van der Waals surface area contributed by atoms with E-state index in [2.05, 4.69) is 0 Å². The standard InChI is InChI=1S/C21H20O6/c1-12(2)26-18(23)10-4-13-3-9-17-16(11-13)19(21(24)25)20(27-17)14-5-7-15(22)8-6-14/h3-12,19-20,22H,1-2H3,(H,24,25)/b10-4+/t19-,20+/m0/s1. The molecular weight excluding hydrogens is 348 g/mol. The molecule has 1 aliphatic rings. The van der Waals surface area contributed by atoms with Crippen molar-refractivity contribution in [2.45, 2.75) is 32.0 Å². The number of fused-ring (bicyclic) bond motifs is 1. The lowest BCUT2D eigenvalue weighted by atomic mass is 9.90. The number of aliphatic carboxylic acids is 1. The predicted octanol–water partition coefficient (Wildman–Crippen LogP) is 3.66. The third-order valence-corrected chi connectivity index (χ3v) is 4.18. The highest BCUT2D eigenvalue weighted by Crippen LogP contribution is 2.46. The van der Waals surface area contributed by atoms with E-state index < -0.39 is 24.0 Å². The summed E-state index contributed by atoms with van der Waals surface area (Å²) in [5.74, 6) is -1.77. The first-order valence-corrected chi connectivity index (χ1v) is 8.56. The lowest BCUT2D eigenvalue weighted by molar-refractivity contribution is -0.141. The first-order valence-electron chi connectivity index (χ1n) is 8.56. The Balaban J connectivity index is 1.88. The maximum Gasteiger partial charge on any atom is 0.331 e. The number of esters is 1. The number of phenols is 1. The third-order valence-electron chi connectivity index (χ3n) is 4.18.